The number of unbranched alkanes of at least 4 members (excludes halogenated alkanes) is 1. The van der Waals surface area contributed by atoms with Crippen LogP contribution in [0.15, 0.2) is 30.3 Å². The molecule has 3 rings (SSSR count). The Morgan fingerprint density at radius 2 is 1.87 bits per heavy atom. The molecular formula is C17H25N5S. The lowest BCUT2D eigenvalue weighted by atomic mass is 10.2. The number of rotatable bonds is 7. The SMILES string of the molecule is Cc1nsc(NCCCCN2CCN(c3ccccc3)CC2)n1. The van der Waals surface area contributed by atoms with E-state index in [9.17, 15) is 0 Å². The molecule has 0 radical (unpaired) electrons. The molecule has 0 amide bonds. The molecule has 0 bridgehead atoms. The quantitative estimate of drug-likeness (QED) is 0.791. The monoisotopic (exact) mass is 331 g/mol. The number of nitrogens with one attached hydrogen (secondary N) is 1. The summed E-state index contributed by atoms with van der Waals surface area (Å²) < 4.78 is 4.18. The molecule has 1 aliphatic heterocycles. The number of benzene rings is 1. The second-order valence-corrected chi connectivity index (χ2v) is 6.70. The van der Waals surface area contributed by atoms with Crippen LogP contribution in [-0.4, -0.2) is 53.5 Å². The highest BCUT2D eigenvalue weighted by molar-refractivity contribution is 7.09. The van der Waals surface area contributed by atoms with Crippen LogP contribution < -0.4 is 10.2 Å². The summed E-state index contributed by atoms with van der Waals surface area (Å²) in [6.45, 7) is 8.70. The summed E-state index contributed by atoms with van der Waals surface area (Å²) in [7, 11) is 0. The molecule has 0 spiro atoms. The van der Waals surface area contributed by atoms with Crippen molar-refractivity contribution in [2.45, 2.75) is 19.8 Å². The van der Waals surface area contributed by atoms with E-state index in [2.05, 4.69) is 54.8 Å². The first kappa shape index (κ1) is 16.2. The molecule has 0 saturated carbocycles. The maximum atomic E-state index is 4.32. The summed E-state index contributed by atoms with van der Waals surface area (Å²) in [5, 5.41) is 4.29. The molecule has 0 aliphatic carbocycles. The molecule has 2 heterocycles. The van der Waals surface area contributed by atoms with Gasteiger partial charge in [-0.1, -0.05) is 18.2 Å². The summed E-state index contributed by atoms with van der Waals surface area (Å²) in [4.78, 5) is 9.38. The van der Waals surface area contributed by atoms with Crippen LogP contribution in [0, 0.1) is 6.92 Å². The summed E-state index contributed by atoms with van der Waals surface area (Å²) in [5.74, 6) is 0.855. The van der Waals surface area contributed by atoms with Crippen molar-refractivity contribution in [3.63, 3.8) is 0 Å². The number of anilines is 2. The summed E-state index contributed by atoms with van der Waals surface area (Å²) in [6, 6.07) is 10.7. The summed E-state index contributed by atoms with van der Waals surface area (Å²) >= 11 is 1.45. The fourth-order valence-electron chi connectivity index (χ4n) is 2.89. The van der Waals surface area contributed by atoms with Crippen molar-refractivity contribution >= 4 is 22.4 Å². The van der Waals surface area contributed by atoms with E-state index in [0.29, 0.717) is 0 Å². The van der Waals surface area contributed by atoms with E-state index < -0.39 is 0 Å². The van der Waals surface area contributed by atoms with Gasteiger partial charge in [-0.25, -0.2) is 4.98 Å². The second-order valence-electron chi connectivity index (χ2n) is 5.94. The van der Waals surface area contributed by atoms with Crippen LogP contribution >= 0.6 is 11.5 Å². The molecule has 6 heteroatoms. The van der Waals surface area contributed by atoms with Gasteiger partial charge in [-0.05, 0) is 38.4 Å². The van der Waals surface area contributed by atoms with Crippen molar-refractivity contribution in [1.29, 1.82) is 0 Å². The van der Waals surface area contributed by atoms with Crippen LogP contribution in [0.1, 0.15) is 18.7 Å². The van der Waals surface area contributed by atoms with E-state index in [1.807, 2.05) is 6.92 Å². The number of para-hydroxylation sites is 1. The van der Waals surface area contributed by atoms with Crippen molar-refractivity contribution in [2.75, 3.05) is 49.5 Å². The first-order chi connectivity index (χ1) is 11.3. The Balaban J connectivity index is 1.29. The minimum absolute atomic E-state index is 0.855. The largest absolute Gasteiger partial charge is 0.369 e. The number of hydrogen-bond acceptors (Lipinski definition) is 6. The molecule has 5 nitrogen and oxygen atoms in total. The van der Waals surface area contributed by atoms with Gasteiger partial charge in [0.05, 0.1) is 0 Å². The average molecular weight is 331 g/mol. The topological polar surface area (TPSA) is 44.3 Å². The Morgan fingerprint density at radius 3 is 2.57 bits per heavy atom. The Labute approximate surface area is 142 Å². The minimum Gasteiger partial charge on any atom is -0.369 e. The number of hydrogen-bond donors (Lipinski definition) is 1. The third-order valence-corrected chi connectivity index (χ3v) is 4.96. The van der Waals surface area contributed by atoms with E-state index in [-0.39, 0.29) is 0 Å². The van der Waals surface area contributed by atoms with Crippen LogP contribution in [0.2, 0.25) is 0 Å². The third-order valence-electron chi connectivity index (χ3n) is 4.20. The van der Waals surface area contributed by atoms with Gasteiger partial charge in [0.25, 0.3) is 0 Å². The van der Waals surface area contributed by atoms with Gasteiger partial charge in [0, 0.05) is 49.9 Å². The Bertz CT molecular complexity index is 578. The van der Waals surface area contributed by atoms with Crippen molar-refractivity contribution in [1.82, 2.24) is 14.3 Å². The predicted octanol–water partition coefficient (Wildman–Crippen LogP) is 2.86. The molecule has 0 unspecified atom stereocenters. The maximum absolute atomic E-state index is 4.32. The molecule has 2 aromatic rings. The fourth-order valence-corrected chi connectivity index (χ4v) is 3.49. The Hall–Kier alpha value is -1.66. The molecular weight excluding hydrogens is 306 g/mol. The van der Waals surface area contributed by atoms with Crippen LogP contribution in [0.3, 0.4) is 0 Å². The molecule has 124 valence electrons. The van der Waals surface area contributed by atoms with Gasteiger partial charge in [0.15, 0.2) is 0 Å². The van der Waals surface area contributed by atoms with E-state index in [1.54, 1.807) is 0 Å². The molecule has 1 aliphatic rings. The standard InChI is InChI=1S/C17H25N5S/c1-15-19-17(23-20-15)18-9-5-6-10-21-11-13-22(14-12-21)16-7-3-2-4-8-16/h2-4,7-8H,5-6,9-14H2,1H3,(H,18,19,20). The number of nitrogens with zero attached hydrogens (tertiary/aromatic N) is 4. The highest BCUT2D eigenvalue weighted by Gasteiger charge is 2.16. The van der Waals surface area contributed by atoms with Gasteiger partial charge in [0.1, 0.15) is 5.82 Å². The van der Waals surface area contributed by atoms with Gasteiger partial charge in [-0.2, -0.15) is 4.37 Å². The van der Waals surface area contributed by atoms with Crippen molar-refractivity contribution < 1.29 is 0 Å². The Kier molecular flexibility index (Phi) is 5.82. The van der Waals surface area contributed by atoms with Gasteiger partial charge in [-0.3, -0.25) is 4.90 Å². The van der Waals surface area contributed by atoms with Crippen molar-refractivity contribution in [2.24, 2.45) is 0 Å². The molecule has 1 aromatic heterocycles. The zero-order valence-corrected chi connectivity index (χ0v) is 14.6. The molecule has 1 aromatic carbocycles. The minimum atomic E-state index is 0.855. The lowest BCUT2D eigenvalue weighted by Crippen LogP contribution is -2.46. The smallest absolute Gasteiger partial charge is 0.202 e. The maximum Gasteiger partial charge on any atom is 0.202 e. The number of aromatic nitrogens is 2. The number of piperazine rings is 1. The lowest BCUT2D eigenvalue weighted by molar-refractivity contribution is 0.254. The normalized spacial score (nSPS) is 15.8. The van der Waals surface area contributed by atoms with Gasteiger partial charge >= 0.3 is 0 Å². The highest BCUT2D eigenvalue weighted by atomic mass is 32.1. The summed E-state index contributed by atoms with van der Waals surface area (Å²) in [5.41, 5.74) is 1.35. The zero-order valence-electron chi connectivity index (χ0n) is 13.7. The molecule has 1 fully saturated rings. The van der Waals surface area contributed by atoms with Crippen molar-refractivity contribution in [3.05, 3.63) is 36.2 Å². The Morgan fingerprint density at radius 1 is 1.09 bits per heavy atom. The molecule has 23 heavy (non-hydrogen) atoms. The van der Waals surface area contributed by atoms with Gasteiger partial charge in [-0.15, -0.1) is 0 Å². The van der Waals surface area contributed by atoms with Crippen LogP contribution in [0.4, 0.5) is 10.8 Å². The van der Waals surface area contributed by atoms with E-state index in [0.717, 1.165) is 43.7 Å². The van der Waals surface area contributed by atoms with Crippen LogP contribution in [-0.2, 0) is 0 Å². The molecule has 1 saturated heterocycles. The van der Waals surface area contributed by atoms with Crippen molar-refractivity contribution in [3.8, 4) is 0 Å². The lowest BCUT2D eigenvalue weighted by Gasteiger charge is -2.36. The first-order valence-electron chi connectivity index (χ1n) is 8.38. The third kappa shape index (κ3) is 4.91. The molecule has 0 atom stereocenters. The zero-order chi connectivity index (χ0) is 15.9. The number of aryl methyl sites for hydroxylation is 1. The molecule has 1 N–H and O–H groups in total. The van der Waals surface area contributed by atoms with Gasteiger partial charge in [0.2, 0.25) is 5.13 Å². The van der Waals surface area contributed by atoms with Crippen LogP contribution in [0.5, 0.6) is 0 Å². The van der Waals surface area contributed by atoms with E-state index >= 15 is 0 Å². The van der Waals surface area contributed by atoms with Gasteiger partial charge < -0.3 is 10.2 Å². The van der Waals surface area contributed by atoms with E-state index in [4.69, 9.17) is 0 Å². The van der Waals surface area contributed by atoms with E-state index in [1.165, 1.54) is 36.6 Å². The highest BCUT2D eigenvalue weighted by Crippen LogP contribution is 2.15. The predicted molar refractivity (Wildman–Crippen MR) is 97.5 cm³/mol. The van der Waals surface area contributed by atoms with Crippen LogP contribution in [0.25, 0.3) is 0 Å². The second kappa shape index (κ2) is 8.26. The summed E-state index contributed by atoms with van der Waals surface area (Å²) in [6.07, 6.45) is 2.41. The fraction of sp³-hybridized carbons (Fsp3) is 0.529. The average Bonchev–Trinajstić information content (AvgIpc) is 3.01. The first-order valence-corrected chi connectivity index (χ1v) is 9.15.